The molecule has 0 aliphatic heterocycles. The van der Waals surface area contributed by atoms with E-state index in [1.165, 1.54) is 0 Å². The summed E-state index contributed by atoms with van der Waals surface area (Å²) in [6.07, 6.45) is 4.24. The molecule has 1 unspecified atom stereocenters. The first-order valence-corrected chi connectivity index (χ1v) is 8.11. The maximum Gasteiger partial charge on any atom is 0.227 e. The van der Waals surface area contributed by atoms with Crippen LogP contribution in [0.2, 0.25) is 5.02 Å². The molecule has 1 aliphatic rings. The molecular formula is C15H14BrClN2O2. The van der Waals surface area contributed by atoms with Gasteiger partial charge in [-0.1, -0.05) is 23.2 Å². The van der Waals surface area contributed by atoms with Gasteiger partial charge in [-0.05, 0) is 47.0 Å². The normalized spacial score (nSPS) is 19.0. The Balaban J connectivity index is 1.76. The highest BCUT2D eigenvalue weighted by atomic mass is 79.9. The molecule has 0 amide bonds. The van der Waals surface area contributed by atoms with Gasteiger partial charge in [-0.25, -0.2) is 0 Å². The molecule has 4 nitrogen and oxygen atoms in total. The van der Waals surface area contributed by atoms with Crippen molar-refractivity contribution in [3.05, 3.63) is 33.6 Å². The van der Waals surface area contributed by atoms with Gasteiger partial charge < -0.3 is 4.52 Å². The Hall–Kier alpha value is -1.20. The van der Waals surface area contributed by atoms with Gasteiger partial charge in [0.05, 0.1) is 5.02 Å². The average molecular weight is 370 g/mol. The molecule has 110 valence electrons. The van der Waals surface area contributed by atoms with Gasteiger partial charge in [0.15, 0.2) is 0 Å². The van der Waals surface area contributed by atoms with Crippen LogP contribution in [-0.4, -0.2) is 15.9 Å². The van der Waals surface area contributed by atoms with Crippen LogP contribution in [-0.2, 0) is 11.2 Å². The van der Waals surface area contributed by atoms with Crippen LogP contribution in [0.25, 0.3) is 11.4 Å². The SMILES string of the molecule is O=C1CCCCC1Cc1nc(-c2ccc(Cl)c(Br)c2)no1. The average Bonchev–Trinajstić information content (AvgIpc) is 2.93. The molecule has 1 aromatic heterocycles. The van der Waals surface area contributed by atoms with E-state index in [-0.39, 0.29) is 5.92 Å². The number of rotatable bonds is 3. The molecule has 1 atom stereocenters. The highest BCUT2D eigenvalue weighted by Gasteiger charge is 2.24. The lowest BCUT2D eigenvalue weighted by Crippen LogP contribution is -2.21. The monoisotopic (exact) mass is 368 g/mol. The van der Waals surface area contributed by atoms with Crippen LogP contribution in [0, 0.1) is 5.92 Å². The van der Waals surface area contributed by atoms with Crippen LogP contribution in [0.4, 0.5) is 0 Å². The highest BCUT2D eigenvalue weighted by molar-refractivity contribution is 9.10. The fraction of sp³-hybridized carbons (Fsp3) is 0.400. The van der Waals surface area contributed by atoms with Gasteiger partial charge in [0, 0.05) is 28.8 Å². The molecular weight excluding hydrogens is 356 g/mol. The highest BCUT2D eigenvalue weighted by Crippen LogP contribution is 2.28. The summed E-state index contributed by atoms with van der Waals surface area (Å²) in [6, 6.07) is 5.47. The second-order valence-electron chi connectivity index (χ2n) is 5.25. The smallest absolute Gasteiger partial charge is 0.227 e. The number of ketones is 1. The van der Waals surface area contributed by atoms with Crippen molar-refractivity contribution in [2.45, 2.75) is 32.1 Å². The molecule has 0 saturated heterocycles. The van der Waals surface area contributed by atoms with Crippen molar-refractivity contribution in [1.29, 1.82) is 0 Å². The minimum Gasteiger partial charge on any atom is -0.339 e. The summed E-state index contributed by atoms with van der Waals surface area (Å²) in [5, 5.41) is 4.62. The number of carbonyl (C=O) groups is 1. The maximum atomic E-state index is 11.8. The van der Waals surface area contributed by atoms with E-state index in [9.17, 15) is 4.79 Å². The Morgan fingerprint density at radius 1 is 1.38 bits per heavy atom. The third-order valence-electron chi connectivity index (χ3n) is 3.75. The fourth-order valence-corrected chi connectivity index (χ4v) is 3.07. The zero-order chi connectivity index (χ0) is 14.8. The van der Waals surface area contributed by atoms with E-state index in [0.717, 1.165) is 29.3 Å². The minimum absolute atomic E-state index is 0.0315. The summed E-state index contributed by atoms with van der Waals surface area (Å²) in [5.41, 5.74) is 0.830. The van der Waals surface area contributed by atoms with Gasteiger partial charge in [-0.15, -0.1) is 0 Å². The molecule has 0 radical (unpaired) electrons. The molecule has 1 heterocycles. The lowest BCUT2D eigenvalue weighted by atomic mass is 9.86. The van der Waals surface area contributed by atoms with E-state index in [1.54, 1.807) is 6.07 Å². The van der Waals surface area contributed by atoms with Gasteiger partial charge in [0.25, 0.3) is 0 Å². The molecule has 0 spiro atoms. The van der Waals surface area contributed by atoms with Gasteiger partial charge in [0.2, 0.25) is 11.7 Å². The molecule has 1 aromatic carbocycles. The first-order chi connectivity index (χ1) is 10.1. The predicted molar refractivity (Wildman–Crippen MR) is 83.1 cm³/mol. The van der Waals surface area contributed by atoms with E-state index >= 15 is 0 Å². The van der Waals surface area contributed by atoms with E-state index in [1.807, 2.05) is 12.1 Å². The molecule has 3 rings (SSSR count). The van der Waals surface area contributed by atoms with Gasteiger partial charge in [0.1, 0.15) is 5.78 Å². The summed E-state index contributed by atoms with van der Waals surface area (Å²) in [6.45, 7) is 0. The molecule has 21 heavy (non-hydrogen) atoms. The first-order valence-electron chi connectivity index (χ1n) is 6.94. The Morgan fingerprint density at radius 3 is 3.00 bits per heavy atom. The van der Waals surface area contributed by atoms with Crippen LogP contribution in [0.5, 0.6) is 0 Å². The van der Waals surface area contributed by atoms with Crippen molar-refractivity contribution in [2.24, 2.45) is 5.92 Å². The molecule has 0 bridgehead atoms. The summed E-state index contributed by atoms with van der Waals surface area (Å²) in [4.78, 5) is 16.2. The van der Waals surface area contributed by atoms with Crippen molar-refractivity contribution in [3.63, 3.8) is 0 Å². The molecule has 1 aliphatic carbocycles. The van der Waals surface area contributed by atoms with Crippen molar-refractivity contribution in [1.82, 2.24) is 10.1 Å². The third-order valence-corrected chi connectivity index (χ3v) is 4.96. The molecule has 0 N–H and O–H groups in total. The van der Waals surface area contributed by atoms with Crippen molar-refractivity contribution in [3.8, 4) is 11.4 Å². The standard InChI is InChI=1S/C15H14BrClN2O2/c16-11-7-10(5-6-12(11)17)15-18-14(21-19-15)8-9-3-1-2-4-13(9)20/h5-7,9H,1-4,8H2. The lowest BCUT2D eigenvalue weighted by Gasteiger charge is -2.18. The van der Waals surface area contributed by atoms with Crippen LogP contribution < -0.4 is 0 Å². The number of benzene rings is 1. The van der Waals surface area contributed by atoms with Crippen LogP contribution in [0.15, 0.2) is 27.2 Å². The fourth-order valence-electron chi connectivity index (χ4n) is 2.57. The second kappa shape index (κ2) is 6.28. The number of nitrogens with zero attached hydrogens (tertiary/aromatic N) is 2. The molecule has 2 aromatic rings. The van der Waals surface area contributed by atoms with Crippen molar-refractivity contribution in [2.75, 3.05) is 0 Å². The first kappa shape index (κ1) is 14.7. The molecule has 1 fully saturated rings. The molecule has 1 saturated carbocycles. The number of carbonyl (C=O) groups excluding carboxylic acids is 1. The number of hydrogen-bond donors (Lipinski definition) is 0. The zero-order valence-electron chi connectivity index (χ0n) is 11.3. The quantitative estimate of drug-likeness (QED) is 0.802. The summed E-state index contributed by atoms with van der Waals surface area (Å²) in [5.74, 6) is 1.39. The topological polar surface area (TPSA) is 56.0 Å². The third kappa shape index (κ3) is 3.35. The van der Waals surface area contributed by atoms with E-state index in [2.05, 4.69) is 26.1 Å². The minimum atomic E-state index is 0.0315. The molecule has 6 heteroatoms. The number of Topliss-reactive ketones (excluding diaryl/α,β-unsaturated/α-hetero) is 1. The Morgan fingerprint density at radius 2 is 2.24 bits per heavy atom. The van der Waals surface area contributed by atoms with Crippen LogP contribution >= 0.6 is 27.5 Å². The van der Waals surface area contributed by atoms with Gasteiger partial charge >= 0.3 is 0 Å². The predicted octanol–water partition coefficient (Wildman–Crippen LogP) is 4.45. The number of hydrogen-bond acceptors (Lipinski definition) is 4. The van der Waals surface area contributed by atoms with E-state index in [4.69, 9.17) is 16.1 Å². The van der Waals surface area contributed by atoms with E-state index in [0.29, 0.717) is 35.4 Å². The van der Waals surface area contributed by atoms with Crippen LogP contribution in [0.1, 0.15) is 31.6 Å². The Bertz CT molecular complexity index is 671. The number of halogens is 2. The summed E-state index contributed by atoms with van der Waals surface area (Å²) >= 11 is 9.34. The Labute approximate surface area is 136 Å². The zero-order valence-corrected chi connectivity index (χ0v) is 13.7. The maximum absolute atomic E-state index is 11.8. The summed E-state index contributed by atoms with van der Waals surface area (Å²) in [7, 11) is 0. The Kier molecular flexibility index (Phi) is 4.40. The number of aromatic nitrogens is 2. The van der Waals surface area contributed by atoms with Crippen LogP contribution in [0.3, 0.4) is 0 Å². The van der Waals surface area contributed by atoms with Gasteiger partial charge in [-0.3, -0.25) is 4.79 Å². The second-order valence-corrected chi connectivity index (χ2v) is 6.52. The summed E-state index contributed by atoms with van der Waals surface area (Å²) < 4.78 is 6.07. The van der Waals surface area contributed by atoms with E-state index < -0.39 is 0 Å². The van der Waals surface area contributed by atoms with Crippen molar-refractivity contribution < 1.29 is 9.32 Å². The van der Waals surface area contributed by atoms with Crippen molar-refractivity contribution >= 4 is 33.3 Å². The van der Waals surface area contributed by atoms with Gasteiger partial charge in [-0.2, -0.15) is 4.98 Å². The lowest BCUT2D eigenvalue weighted by molar-refractivity contribution is -0.124. The largest absolute Gasteiger partial charge is 0.339 e.